The maximum Gasteiger partial charge on any atom is 0.272 e. The van der Waals surface area contributed by atoms with Crippen molar-refractivity contribution in [1.29, 1.82) is 0 Å². The van der Waals surface area contributed by atoms with Gasteiger partial charge in [0.05, 0.1) is 10.7 Å². The zero-order chi connectivity index (χ0) is 24.7. The molecule has 7 nitrogen and oxygen atoms in total. The van der Waals surface area contributed by atoms with Crippen LogP contribution >= 0.6 is 23.2 Å². The number of benzene rings is 2. The van der Waals surface area contributed by atoms with E-state index in [1.54, 1.807) is 22.9 Å². The SMILES string of the molecule is Cc1cc(C(=O)NC2CC3(NC(=O)COc4ccc(Cl)c(F)c4)CC2C3)nn1-c1ccc(Cl)cc1. The minimum Gasteiger partial charge on any atom is -0.484 e. The largest absolute Gasteiger partial charge is 0.484 e. The van der Waals surface area contributed by atoms with Crippen molar-refractivity contribution in [1.82, 2.24) is 20.4 Å². The molecule has 3 aliphatic carbocycles. The number of aryl methyl sites for hydroxylation is 1. The number of nitrogens with one attached hydrogen (secondary N) is 2. The minimum absolute atomic E-state index is 0.00727. The zero-order valence-corrected chi connectivity index (χ0v) is 20.4. The van der Waals surface area contributed by atoms with E-state index in [4.69, 9.17) is 27.9 Å². The summed E-state index contributed by atoms with van der Waals surface area (Å²) in [6.45, 7) is 1.65. The van der Waals surface area contributed by atoms with Crippen LogP contribution < -0.4 is 15.4 Å². The lowest BCUT2D eigenvalue weighted by Gasteiger charge is -2.39. The fraction of sp³-hybridized carbons (Fsp3) is 0.320. The predicted octanol–water partition coefficient (Wildman–Crippen LogP) is 4.47. The third-order valence-corrected chi connectivity index (χ3v) is 7.22. The summed E-state index contributed by atoms with van der Waals surface area (Å²) in [6, 6.07) is 13.0. The number of rotatable bonds is 7. The van der Waals surface area contributed by atoms with E-state index in [1.165, 1.54) is 12.1 Å². The minimum atomic E-state index is -0.604. The molecular weight excluding hydrogens is 494 g/mol. The van der Waals surface area contributed by atoms with E-state index in [0.29, 0.717) is 23.1 Å². The molecule has 2 N–H and O–H groups in total. The first-order chi connectivity index (χ1) is 16.7. The van der Waals surface area contributed by atoms with Gasteiger partial charge in [-0.2, -0.15) is 5.10 Å². The topological polar surface area (TPSA) is 85.2 Å². The van der Waals surface area contributed by atoms with Crippen LogP contribution in [-0.2, 0) is 4.79 Å². The number of aromatic nitrogens is 2. The summed E-state index contributed by atoms with van der Waals surface area (Å²) in [4.78, 5) is 25.3. The van der Waals surface area contributed by atoms with E-state index >= 15 is 0 Å². The summed E-state index contributed by atoms with van der Waals surface area (Å²) in [5.41, 5.74) is 1.63. The van der Waals surface area contributed by atoms with Gasteiger partial charge in [-0.25, -0.2) is 9.07 Å². The van der Waals surface area contributed by atoms with Crippen LogP contribution in [0.5, 0.6) is 5.75 Å². The normalized spacial score (nSPS) is 22.4. The summed E-state index contributed by atoms with van der Waals surface area (Å²) in [5.74, 6) is -0.607. The second kappa shape index (κ2) is 9.17. The fourth-order valence-corrected chi connectivity index (χ4v) is 5.27. The molecule has 6 rings (SSSR count). The van der Waals surface area contributed by atoms with Crippen molar-refractivity contribution in [2.24, 2.45) is 5.92 Å². The number of fused-ring (bicyclic) bond motifs is 1. The highest BCUT2D eigenvalue weighted by molar-refractivity contribution is 6.31. The van der Waals surface area contributed by atoms with Gasteiger partial charge in [-0.3, -0.25) is 9.59 Å². The fourth-order valence-electron chi connectivity index (χ4n) is 5.02. The van der Waals surface area contributed by atoms with E-state index in [1.807, 2.05) is 19.1 Å². The van der Waals surface area contributed by atoms with Gasteiger partial charge in [0.1, 0.15) is 11.6 Å². The average molecular weight is 517 g/mol. The van der Waals surface area contributed by atoms with E-state index < -0.39 is 5.82 Å². The number of carbonyl (C=O) groups is 2. The maximum absolute atomic E-state index is 13.5. The summed E-state index contributed by atoms with van der Waals surface area (Å²) in [5, 5.41) is 11.2. The number of ether oxygens (including phenoxy) is 1. The third-order valence-electron chi connectivity index (χ3n) is 6.66. The Balaban J connectivity index is 1.15. The van der Waals surface area contributed by atoms with E-state index in [2.05, 4.69) is 15.7 Å². The predicted molar refractivity (Wildman–Crippen MR) is 130 cm³/mol. The highest BCUT2D eigenvalue weighted by Crippen LogP contribution is 2.52. The van der Waals surface area contributed by atoms with Gasteiger partial charge < -0.3 is 15.4 Å². The Morgan fingerprint density at radius 2 is 1.89 bits per heavy atom. The van der Waals surface area contributed by atoms with Crippen molar-refractivity contribution in [2.75, 3.05) is 6.61 Å². The smallest absolute Gasteiger partial charge is 0.272 e. The lowest BCUT2D eigenvalue weighted by atomic mass is 9.76. The van der Waals surface area contributed by atoms with Crippen molar-refractivity contribution < 1.29 is 18.7 Å². The molecule has 1 atom stereocenters. The van der Waals surface area contributed by atoms with Gasteiger partial charge in [0, 0.05) is 28.4 Å². The van der Waals surface area contributed by atoms with E-state index in [0.717, 1.165) is 30.3 Å². The second-order valence-electron chi connectivity index (χ2n) is 9.20. The molecule has 182 valence electrons. The molecule has 0 aliphatic heterocycles. The summed E-state index contributed by atoms with van der Waals surface area (Å²) in [6.07, 6.45) is 2.22. The van der Waals surface area contributed by atoms with Crippen molar-refractivity contribution in [2.45, 2.75) is 37.8 Å². The van der Waals surface area contributed by atoms with Gasteiger partial charge in [0.2, 0.25) is 0 Å². The summed E-state index contributed by atoms with van der Waals surface area (Å²) >= 11 is 11.6. The van der Waals surface area contributed by atoms with Crippen LogP contribution in [0.1, 0.15) is 35.4 Å². The molecule has 2 amide bonds. The number of halogens is 3. The first-order valence-electron chi connectivity index (χ1n) is 11.2. The number of nitrogens with zero attached hydrogens (tertiary/aromatic N) is 2. The highest BCUT2D eigenvalue weighted by atomic mass is 35.5. The molecule has 1 unspecified atom stereocenters. The van der Waals surface area contributed by atoms with Crippen LogP contribution in [0.25, 0.3) is 5.69 Å². The molecule has 3 saturated carbocycles. The maximum atomic E-state index is 13.5. The zero-order valence-electron chi connectivity index (χ0n) is 18.9. The van der Waals surface area contributed by atoms with Gasteiger partial charge in [0.25, 0.3) is 11.8 Å². The third kappa shape index (κ3) is 4.86. The molecule has 3 aromatic rings. The molecule has 1 aromatic heterocycles. The van der Waals surface area contributed by atoms with Gasteiger partial charge in [-0.15, -0.1) is 0 Å². The van der Waals surface area contributed by atoms with Crippen LogP contribution in [0, 0.1) is 18.7 Å². The first-order valence-corrected chi connectivity index (χ1v) is 12.0. The number of carbonyl (C=O) groups excluding carboxylic acids is 2. The Morgan fingerprint density at radius 3 is 2.60 bits per heavy atom. The van der Waals surface area contributed by atoms with E-state index in [-0.39, 0.29) is 40.8 Å². The Bertz CT molecular complexity index is 1290. The number of hydrogen-bond donors (Lipinski definition) is 2. The second-order valence-corrected chi connectivity index (χ2v) is 10.0. The molecule has 2 bridgehead atoms. The molecule has 0 spiro atoms. The molecule has 35 heavy (non-hydrogen) atoms. The van der Waals surface area contributed by atoms with Gasteiger partial charge in [-0.05, 0) is 74.6 Å². The standard InChI is InChI=1S/C25H23Cl2FN4O3/c1-14-8-21(31-32(14)17-4-2-16(26)3-5-17)24(34)29-22-12-25(10-15(22)11-25)30-23(33)13-35-18-6-7-19(27)20(28)9-18/h2-9,15,22H,10-13H2,1H3,(H,29,34)(H,30,33). The Morgan fingerprint density at radius 1 is 1.14 bits per heavy atom. The lowest BCUT2D eigenvalue weighted by Crippen LogP contribution is -2.53. The number of hydrogen-bond acceptors (Lipinski definition) is 4. The molecule has 0 saturated heterocycles. The van der Waals surface area contributed by atoms with Crippen LogP contribution in [0.2, 0.25) is 10.0 Å². The lowest BCUT2D eigenvalue weighted by molar-refractivity contribution is -0.125. The van der Waals surface area contributed by atoms with Crippen molar-refractivity contribution in [3.63, 3.8) is 0 Å². The molecule has 3 fully saturated rings. The van der Waals surface area contributed by atoms with Crippen molar-refractivity contribution in [3.05, 3.63) is 75.8 Å². The summed E-state index contributed by atoms with van der Waals surface area (Å²) < 4.78 is 20.6. The quantitative estimate of drug-likeness (QED) is 0.485. The van der Waals surface area contributed by atoms with Crippen molar-refractivity contribution in [3.8, 4) is 11.4 Å². The average Bonchev–Trinajstić information content (AvgIpc) is 3.45. The molecular formula is C25H23Cl2FN4O3. The Labute approximate surface area is 211 Å². The van der Waals surface area contributed by atoms with Gasteiger partial charge in [0.15, 0.2) is 12.3 Å². The van der Waals surface area contributed by atoms with Crippen LogP contribution in [0.4, 0.5) is 4.39 Å². The Hall–Kier alpha value is -3.10. The number of amides is 2. The highest BCUT2D eigenvalue weighted by Gasteiger charge is 2.57. The van der Waals surface area contributed by atoms with Crippen LogP contribution in [-0.4, -0.2) is 39.8 Å². The monoisotopic (exact) mass is 516 g/mol. The van der Waals surface area contributed by atoms with Crippen molar-refractivity contribution >= 4 is 35.0 Å². The van der Waals surface area contributed by atoms with E-state index in [9.17, 15) is 14.0 Å². The van der Waals surface area contributed by atoms with Gasteiger partial charge >= 0.3 is 0 Å². The Kier molecular flexibility index (Phi) is 6.19. The van der Waals surface area contributed by atoms with Crippen LogP contribution in [0.15, 0.2) is 48.5 Å². The van der Waals surface area contributed by atoms with Crippen LogP contribution in [0.3, 0.4) is 0 Å². The molecule has 2 aromatic carbocycles. The first kappa shape index (κ1) is 23.6. The van der Waals surface area contributed by atoms with Gasteiger partial charge in [-0.1, -0.05) is 23.2 Å². The molecule has 0 radical (unpaired) electrons. The molecule has 3 aliphatic rings. The summed E-state index contributed by atoms with van der Waals surface area (Å²) in [7, 11) is 0. The molecule has 1 heterocycles. The molecule has 10 heteroatoms.